The Labute approximate surface area is 147 Å². The number of aromatic nitrogens is 2. The lowest BCUT2D eigenvalue weighted by molar-refractivity contribution is 0.00192. The van der Waals surface area contributed by atoms with Crippen molar-refractivity contribution >= 4 is 16.7 Å². The largest absolute Gasteiger partial charge is 0.376 e. The van der Waals surface area contributed by atoms with Gasteiger partial charge in [-0.05, 0) is 32.3 Å². The molecule has 134 valence electrons. The van der Waals surface area contributed by atoms with E-state index in [1.807, 2.05) is 24.0 Å². The summed E-state index contributed by atoms with van der Waals surface area (Å²) in [6.45, 7) is 6.37. The van der Waals surface area contributed by atoms with Gasteiger partial charge in [0.25, 0.3) is 11.5 Å². The summed E-state index contributed by atoms with van der Waals surface area (Å²) in [4.78, 5) is 27.4. The summed E-state index contributed by atoms with van der Waals surface area (Å²) in [6.07, 6.45) is 2.96. The lowest BCUT2D eigenvalue weighted by Gasteiger charge is -2.32. The number of carbonyl (C=O) groups is 1. The summed E-state index contributed by atoms with van der Waals surface area (Å²) in [5, 5.41) is 5.52. The fourth-order valence-electron chi connectivity index (χ4n) is 3.30. The second kappa shape index (κ2) is 7.78. The number of amides is 1. The molecule has 1 fully saturated rings. The van der Waals surface area contributed by atoms with Gasteiger partial charge < -0.3 is 9.64 Å². The molecule has 1 amide bonds. The molecule has 0 spiro atoms. The highest BCUT2D eigenvalue weighted by Gasteiger charge is 2.27. The van der Waals surface area contributed by atoms with Crippen molar-refractivity contribution in [1.82, 2.24) is 14.7 Å². The second-order valence-electron chi connectivity index (χ2n) is 6.40. The lowest BCUT2D eigenvalue weighted by atomic mass is 10.1. The monoisotopic (exact) mass is 343 g/mol. The van der Waals surface area contributed by atoms with Crippen LogP contribution in [0.5, 0.6) is 0 Å². The average molecular weight is 343 g/mol. The van der Waals surface area contributed by atoms with Gasteiger partial charge in [-0.2, -0.15) is 5.10 Å². The van der Waals surface area contributed by atoms with E-state index < -0.39 is 0 Å². The molecule has 1 unspecified atom stereocenters. The van der Waals surface area contributed by atoms with E-state index >= 15 is 0 Å². The SMILES string of the molecule is CCCOC1CCCN(C(=O)c2nn(CC)c(=O)c3ccccc23)C1. The number of likely N-dealkylation sites (tertiary alicyclic amines) is 1. The molecule has 0 N–H and O–H groups in total. The van der Waals surface area contributed by atoms with E-state index in [0.29, 0.717) is 42.7 Å². The van der Waals surface area contributed by atoms with Crippen molar-refractivity contribution in [1.29, 1.82) is 0 Å². The summed E-state index contributed by atoms with van der Waals surface area (Å²) >= 11 is 0. The van der Waals surface area contributed by atoms with Crippen LogP contribution in [0.15, 0.2) is 29.1 Å². The molecule has 2 aromatic rings. The van der Waals surface area contributed by atoms with Gasteiger partial charge in [0.15, 0.2) is 5.69 Å². The highest BCUT2D eigenvalue weighted by Crippen LogP contribution is 2.19. The summed E-state index contributed by atoms with van der Waals surface area (Å²) in [5.41, 5.74) is 0.200. The van der Waals surface area contributed by atoms with E-state index in [1.54, 1.807) is 12.1 Å². The number of benzene rings is 1. The molecule has 25 heavy (non-hydrogen) atoms. The minimum atomic E-state index is -0.155. The molecular formula is C19H25N3O3. The Morgan fingerprint density at radius 3 is 2.76 bits per heavy atom. The molecule has 1 aliphatic heterocycles. The average Bonchev–Trinajstić information content (AvgIpc) is 2.66. The first-order valence-corrected chi connectivity index (χ1v) is 9.06. The van der Waals surface area contributed by atoms with Crippen LogP contribution >= 0.6 is 0 Å². The van der Waals surface area contributed by atoms with Crippen LogP contribution in [0, 0.1) is 0 Å². The third-order valence-electron chi connectivity index (χ3n) is 4.59. The van der Waals surface area contributed by atoms with E-state index in [0.717, 1.165) is 19.3 Å². The van der Waals surface area contributed by atoms with E-state index in [9.17, 15) is 9.59 Å². The number of rotatable bonds is 5. The van der Waals surface area contributed by atoms with Crippen LogP contribution in [0.3, 0.4) is 0 Å². The zero-order valence-corrected chi connectivity index (χ0v) is 14.9. The predicted molar refractivity (Wildman–Crippen MR) is 96.8 cm³/mol. The maximum absolute atomic E-state index is 13.1. The number of aryl methyl sites for hydroxylation is 1. The van der Waals surface area contributed by atoms with E-state index in [4.69, 9.17) is 4.74 Å². The third kappa shape index (κ3) is 3.58. The van der Waals surface area contributed by atoms with Crippen LogP contribution in [-0.4, -0.2) is 46.4 Å². The molecular weight excluding hydrogens is 318 g/mol. The molecule has 6 nitrogen and oxygen atoms in total. The Bertz CT molecular complexity index is 815. The van der Waals surface area contributed by atoms with Crippen molar-refractivity contribution in [2.75, 3.05) is 19.7 Å². The predicted octanol–water partition coefficient (Wildman–Crippen LogP) is 2.45. The minimum Gasteiger partial charge on any atom is -0.376 e. The number of hydrogen-bond acceptors (Lipinski definition) is 4. The Kier molecular flexibility index (Phi) is 5.48. The Balaban J connectivity index is 1.94. The van der Waals surface area contributed by atoms with Crippen molar-refractivity contribution < 1.29 is 9.53 Å². The van der Waals surface area contributed by atoms with Gasteiger partial charge in [-0.15, -0.1) is 0 Å². The van der Waals surface area contributed by atoms with Gasteiger partial charge in [-0.1, -0.05) is 25.1 Å². The summed E-state index contributed by atoms with van der Waals surface area (Å²) in [7, 11) is 0. The van der Waals surface area contributed by atoms with Crippen LogP contribution in [0.25, 0.3) is 10.8 Å². The van der Waals surface area contributed by atoms with E-state index in [-0.39, 0.29) is 17.6 Å². The molecule has 0 radical (unpaired) electrons. The zero-order valence-electron chi connectivity index (χ0n) is 14.9. The zero-order chi connectivity index (χ0) is 17.8. The third-order valence-corrected chi connectivity index (χ3v) is 4.59. The van der Waals surface area contributed by atoms with Crippen LogP contribution in [0.2, 0.25) is 0 Å². The molecule has 3 rings (SSSR count). The van der Waals surface area contributed by atoms with Crippen molar-refractivity contribution in [3.05, 3.63) is 40.3 Å². The summed E-state index contributed by atoms with van der Waals surface area (Å²) in [5.74, 6) is -0.122. The number of fused-ring (bicyclic) bond motifs is 1. The number of piperidine rings is 1. The van der Waals surface area contributed by atoms with Crippen molar-refractivity contribution in [2.45, 2.75) is 45.8 Å². The van der Waals surface area contributed by atoms with Crippen molar-refractivity contribution in [2.24, 2.45) is 0 Å². The second-order valence-corrected chi connectivity index (χ2v) is 6.40. The van der Waals surface area contributed by atoms with Crippen LogP contribution in [-0.2, 0) is 11.3 Å². The molecule has 1 aliphatic rings. The van der Waals surface area contributed by atoms with E-state index in [2.05, 4.69) is 12.0 Å². The van der Waals surface area contributed by atoms with Gasteiger partial charge in [-0.3, -0.25) is 9.59 Å². The first-order chi connectivity index (χ1) is 12.2. The molecule has 0 saturated carbocycles. The van der Waals surface area contributed by atoms with Gasteiger partial charge in [0.1, 0.15) is 0 Å². The van der Waals surface area contributed by atoms with Gasteiger partial charge in [0.2, 0.25) is 0 Å². The molecule has 1 aromatic carbocycles. The topological polar surface area (TPSA) is 64.4 Å². The van der Waals surface area contributed by atoms with Gasteiger partial charge in [0, 0.05) is 31.6 Å². The van der Waals surface area contributed by atoms with Gasteiger partial charge in [0.05, 0.1) is 11.5 Å². The van der Waals surface area contributed by atoms with Crippen molar-refractivity contribution in [3.63, 3.8) is 0 Å². The smallest absolute Gasteiger partial charge is 0.275 e. The molecule has 6 heteroatoms. The Morgan fingerprint density at radius 2 is 2.04 bits per heavy atom. The maximum Gasteiger partial charge on any atom is 0.275 e. The molecule has 0 bridgehead atoms. The maximum atomic E-state index is 13.1. The number of ether oxygens (including phenoxy) is 1. The summed E-state index contributed by atoms with van der Waals surface area (Å²) in [6, 6.07) is 7.20. The van der Waals surface area contributed by atoms with Gasteiger partial charge >= 0.3 is 0 Å². The Morgan fingerprint density at radius 1 is 1.28 bits per heavy atom. The van der Waals surface area contributed by atoms with Crippen LogP contribution in [0.1, 0.15) is 43.6 Å². The molecule has 1 atom stereocenters. The number of carbonyl (C=O) groups excluding carboxylic acids is 1. The van der Waals surface area contributed by atoms with E-state index in [1.165, 1.54) is 4.68 Å². The van der Waals surface area contributed by atoms with Crippen LogP contribution in [0.4, 0.5) is 0 Å². The fourth-order valence-corrected chi connectivity index (χ4v) is 3.30. The van der Waals surface area contributed by atoms with Crippen molar-refractivity contribution in [3.8, 4) is 0 Å². The normalized spacial score (nSPS) is 17.8. The quantitative estimate of drug-likeness (QED) is 0.836. The molecule has 1 saturated heterocycles. The lowest BCUT2D eigenvalue weighted by Crippen LogP contribution is -2.44. The molecule has 2 heterocycles. The molecule has 0 aliphatic carbocycles. The standard InChI is InChI=1S/C19H25N3O3/c1-3-12-25-14-8-7-11-21(13-14)19(24)17-15-9-5-6-10-16(15)18(23)22(4-2)20-17/h5-6,9-10,14H,3-4,7-8,11-13H2,1-2H3. The fraction of sp³-hybridized carbons (Fsp3) is 0.526. The van der Waals surface area contributed by atoms with Gasteiger partial charge in [-0.25, -0.2) is 4.68 Å². The summed E-state index contributed by atoms with van der Waals surface area (Å²) < 4.78 is 7.20. The first-order valence-electron chi connectivity index (χ1n) is 9.06. The first kappa shape index (κ1) is 17.6. The minimum absolute atomic E-state index is 0.0843. The Hall–Kier alpha value is -2.21. The molecule has 1 aromatic heterocycles. The number of hydrogen-bond donors (Lipinski definition) is 0. The van der Waals surface area contributed by atoms with Crippen LogP contribution < -0.4 is 5.56 Å². The highest BCUT2D eigenvalue weighted by molar-refractivity contribution is 6.04. The number of nitrogens with zero attached hydrogens (tertiary/aromatic N) is 3. The highest BCUT2D eigenvalue weighted by atomic mass is 16.5.